The van der Waals surface area contributed by atoms with Gasteiger partial charge >= 0.3 is 6.09 Å². The molecule has 1 amide bonds. The lowest BCUT2D eigenvalue weighted by molar-refractivity contribution is 0.152. The van der Waals surface area contributed by atoms with E-state index in [4.69, 9.17) is 5.26 Å². The fraction of sp³-hybridized carbons (Fsp3) is 0.182. The number of benzene rings is 1. The van der Waals surface area contributed by atoms with E-state index >= 15 is 0 Å². The van der Waals surface area contributed by atoms with E-state index in [2.05, 4.69) is 15.3 Å². The topological polar surface area (TPSA) is 74.5 Å². The van der Waals surface area contributed by atoms with Crippen LogP contribution in [0.2, 0.25) is 0 Å². The average molecular weight is 217 g/mol. The summed E-state index contributed by atoms with van der Waals surface area (Å²) < 4.78 is 4.61. The maximum absolute atomic E-state index is 10.8. The molecule has 0 aliphatic rings. The molecule has 0 spiro atoms. The lowest BCUT2D eigenvalue weighted by Crippen LogP contribution is -2.18. The minimum atomic E-state index is -0.590. The quantitative estimate of drug-likeness (QED) is 0.617. The monoisotopic (exact) mass is 217 g/mol. The highest BCUT2D eigenvalue weighted by Crippen LogP contribution is 2.00. The Bertz CT molecular complexity index is 418. The summed E-state index contributed by atoms with van der Waals surface area (Å²) in [5.41, 5.74) is 3.57. The molecule has 0 saturated heterocycles. The molecular formula is C11H11N3O2. The van der Waals surface area contributed by atoms with Crippen molar-refractivity contribution in [1.29, 1.82) is 5.26 Å². The van der Waals surface area contributed by atoms with E-state index in [0.717, 1.165) is 5.56 Å². The van der Waals surface area contributed by atoms with Crippen molar-refractivity contribution in [2.45, 2.75) is 6.92 Å². The molecule has 1 N–H and O–H groups in total. The molecule has 1 aromatic carbocycles. The second-order valence-corrected chi connectivity index (χ2v) is 2.82. The molecule has 0 radical (unpaired) electrons. The molecule has 0 fully saturated rings. The zero-order valence-electron chi connectivity index (χ0n) is 8.80. The van der Waals surface area contributed by atoms with Gasteiger partial charge in [0.05, 0.1) is 24.5 Å². The van der Waals surface area contributed by atoms with Crippen LogP contribution in [0.15, 0.2) is 29.4 Å². The third-order valence-corrected chi connectivity index (χ3v) is 1.68. The largest absolute Gasteiger partial charge is 0.449 e. The van der Waals surface area contributed by atoms with Gasteiger partial charge in [0.2, 0.25) is 0 Å². The molecule has 16 heavy (non-hydrogen) atoms. The number of carbonyl (C=O) groups is 1. The maximum Gasteiger partial charge on any atom is 0.427 e. The normalized spacial score (nSPS) is 9.75. The van der Waals surface area contributed by atoms with Gasteiger partial charge in [0.15, 0.2) is 0 Å². The summed E-state index contributed by atoms with van der Waals surface area (Å²) in [6.45, 7) is 2.02. The predicted octanol–water partition coefficient (Wildman–Crippen LogP) is 1.64. The van der Waals surface area contributed by atoms with Crippen LogP contribution >= 0.6 is 0 Å². The summed E-state index contributed by atoms with van der Waals surface area (Å²) in [4.78, 5) is 10.8. The van der Waals surface area contributed by atoms with Gasteiger partial charge in [0.25, 0.3) is 0 Å². The highest BCUT2D eigenvalue weighted by molar-refractivity contribution is 5.80. The summed E-state index contributed by atoms with van der Waals surface area (Å²) in [6, 6.07) is 8.82. The van der Waals surface area contributed by atoms with Crippen LogP contribution < -0.4 is 5.43 Å². The minimum absolute atomic E-state index is 0.304. The molecule has 0 aromatic heterocycles. The van der Waals surface area contributed by atoms with Crippen LogP contribution in [0.1, 0.15) is 18.1 Å². The predicted molar refractivity (Wildman–Crippen MR) is 58.9 cm³/mol. The Morgan fingerprint density at radius 2 is 2.25 bits per heavy atom. The van der Waals surface area contributed by atoms with Crippen LogP contribution in [0.4, 0.5) is 4.79 Å². The van der Waals surface area contributed by atoms with E-state index in [1.165, 1.54) is 6.21 Å². The highest BCUT2D eigenvalue weighted by Gasteiger charge is 1.95. The van der Waals surface area contributed by atoms with Gasteiger partial charge < -0.3 is 4.74 Å². The lowest BCUT2D eigenvalue weighted by atomic mass is 10.2. The molecule has 1 aromatic rings. The van der Waals surface area contributed by atoms with E-state index in [-0.39, 0.29) is 0 Å². The number of carbonyl (C=O) groups excluding carboxylic acids is 1. The van der Waals surface area contributed by atoms with Crippen molar-refractivity contribution in [2.24, 2.45) is 5.10 Å². The standard InChI is InChI=1S/C11H11N3O2/c1-2-16-11(15)14-13-8-10-5-3-9(7-12)4-6-10/h3-6,8H,2H2,1H3,(H,14,15)/b13-8+. The van der Waals surface area contributed by atoms with Crippen molar-refractivity contribution in [3.05, 3.63) is 35.4 Å². The van der Waals surface area contributed by atoms with Gasteiger partial charge in [-0.05, 0) is 24.6 Å². The summed E-state index contributed by atoms with van der Waals surface area (Å²) in [5, 5.41) is 12.3. The zero-order chi connectivity index (χ0) is 11.8. The van der Waals surface area contributed by atoms with E-state index in [1.807, 2.05) is 6.07 Å². The Kier molecular flexibility index (Phi) is 4.54. The van der Waals surface area contributed by atoms with Crippen LogP contribution in [0.3, 0.4) is 0 Å². The Morgan fingerprint density at radius 1 is 1.56 bits per heavy atom. The molecule has 0 aliphatic heterocycles. The third-order valence-electron chi connectivity index (χ3n) is 1.68. The molecular weight excluding hydrogens is 206 g/mol. The molecule has 0 unspecified atom stereocenters. The fourth-order valence-electron chi connectivity index (χ4n) is 0.967. The number of nitriles is 1. The Hall–Kier alpha value is -2.35. The average Bonchev–Trinajstić information content (AvgIpc) is 2.30. The number of hydrogen-bond donors (Lipinski definition) is 1. The Labute approximate surface area is 93.3 Å². The first kappa shape index (κ1) is 11.7. The summed E-state index contributed by atoms with van der Waals surface area (Å²) >= 11 is 0. The third kappa shape index (κ3) is 3.80. The first-order valence-electron chi connectivity index (χ1n) is 4.72. The molecule has 5 heteroatoms. The number of amides is 1. The Balaban J connectivity index is 2.50. The molecule has 82 valence electrons. The van der Waals surface area contributed by atoms with Crippen LogP contribution in [-0.2, 0) is 4.74 Å². The van der Waals surface area contributed by atoms with Crippen LogP contribution in [0, 0.1) is 11.3 Å². The number of rotatable bonds is 3. The lowest BCUT2D eigenvalue weighted by Gasteiger charge is -1.98. The van der Waals surface area contributed by atoms with Gasteiger partial charge in [-0.25, -0.2) is 10.2 Å². The smallest absolute Gasteiger partial charge is 0.427 e. The number of nitrogens with one attached hydrogen (secondary N) is 1. The minimum Gasteiger partial charge on any atom is -0.449 e. The van der Waals surface area contributed by atoms with Gasteiger partial charge in [0.1, 0.15) is 0 Å². The molecule has 0 aliphatic carbocycles. The van der Waals surface area contributed by atoms with Crippen molar-refractivity contribution >= 4 is 12.3 Å². The molecule has 0 heterocycles. The van der Waals surface area contributed by atoms with Gasteiger partial charge in [-0.3, -0.25) is 0 Å². The second-order valence-electron chi connectivity index (χ2n) is 2.82. The fourth-order valence-corrected chi connectivity index (χ4v) is 0.967. The highest BCUT2D eigenvalue weighted by atomic mass is 16.5. The second kappa shape index (κ2) is 6.19. The molecule has 0 bridgehead atoms. The SMILES string of the molecule is CCOC(=O)N/N=C/c1ccc(C#N)cc1. The molecule has 1 rings (SSSR count). The van der Waals surface area contributed by atoms with Crippen LogP contribution in [0.5, 0.6) is 0 Å². The van der Waals surface area contributed by atoms with Crippen molar-refractivity contribution < 1.29 is 9.53 Å². The number of nitrogens with zero attached hydrogens (tertiary/aromatic N) is 2. The maximum atomic E-state index is 10.8. The number of hydrazone groups is 1. The van der Waals surface area contributed by atoms with Gasteiger partial charge in [0, 0.05) is 0 Å². The summed E-state index contributed by atoms with van der Waals surface area (Å²) in [7, 11) is 0. The van der Waals surface area contributed by atoms with E-state index in [9.17, 15) is 4.79 Å². The van der Waals surface area contributed by atoms with Crippen molar-refractivity contribution in [3.8, 4) is 6.07 Å². The van der Waals surface area contributed by atoms with Crippen LogP contribution in [-0.4, -0.2) is 18.9 Å². The van der Waals surface area contributed by atoms with Crippen molar-refractivity contribution in [1.82, 2.24) is 5.43 Å². The number of hydrogen-bond acceptors (Lipinski definition) is 4. The summed E-state index contributed by atoms with van der Waals surface area (Å²) in [5.74, 6) is 0. The number of ether oxygens (including phenoxy) is 1. The molecule has 0 atom stereocenters. The van der Waals surface area contributed by atoms with Gasteiger partial charge in [-0.1, -0.05) is 12.1 Å². The van der Waals surface area contributed by atoms with Crippen molar-refractivity contribution in [2.75, 3.05) is 6.61 Å². The zero-order valence-corrected chi connectivity index (χ0v) is 8.80. The van der Waals surface area contributed by atoms with Gasteiger partial charge in [-0.15, -0.1) is 0 Å². The first-order chi connectivity index (χ1) is 7.76. The first-order valence-corrected chi connectivity index (χ1v) is 4.72. The van der Waals surface area contributed by atoms with Gasteiger partial charge in [-0.2, -0.15) is 10.4 Å². The molecule has 5 nitrogen and oxygen atoms in total. The van der Waals surface area contributed by atoms with E-state index < -0.39 is 6.09 Å². The van der Waals surface area contributed by atoms with Crippen molar-refractivity contribution in [3.63, 3.8) is 0 Å². The molecule has 0 saturated carbocycles. The van der Waals surface area contributed by atoms with E-state index in [0.29, 0.717) is 12.2 Å². The summed E-state index contributed by atoms with van der Waals surface area (Å²) in [6.07, 6.45) is 0.880. The van der Waals surface area contributed by atoms with E-state index in [1.54, 1.807) is 31.2 Å². The van der Waals surface area contributed by atoms with Crippen LogP contribution in [0.25, 0.3) is 0 Å². The Morgan fingerprint density at radius 3 is 2.81 bits per heavy atom.